The highest BCUT2D eigenvalue weighted by Gasteiger charge is 2.59. The van der Waals surface area contributed by atoms with Gasteiger partial charge in [0.2, 0.25) is 0 Å². The van der Waals surface area contributed by atoms with E-state index in [1.807, 2.05) is 25.1 Å². The number of carbonyl (C=O) groups is 2. The minimum Gasteiger partial charge on any atom is -0.326 e. The number of carbonyl (C=O) groups excluding carboxylic acids is 2. The van der Waals surface area contributed by atoms with Gasteiger partial charge in [-0.2, -0.15) is 0 Å². The van der Waals surface area contributed by atoms with Crippen molar-refractivity contribution in [2.45, 2.75) is 78.7 Å². The first-order valence-electron chi connectivity index (χ1n) is 13.0. The van der Waals surface area contributed by atoms with Crippen molar-refractivity contribution in [1.82, 2.24) is 0 Å². The van der Waals surface area contributed by atoms with Crippen LogP contribution in [0.5, 0.6) is 0 Å². The fraction of sp³-hybridized carbons (Fsp3) is 0.621. The Labute approximate surface area is 203 Å². The second kappa shape index (κ2) is 8.75. The topological polar surface area (TPSA) is 81.8 Å². The standard InChI is InChI=1S/C29H38N2O3/c1-18(31-34-27(33)20-6-4-19(17-30)5-7-20)24-10-11-25-23-9-8-21-16-22(32)12-14-28(21,2)26(23)13-15-29(24,25)3/h4-7,16,23-26H,8-15,17,30H2,1-3H3/b31-18+/t23-,24+,25-,26-,28-,29+/m0/s1. The molecule has 0 spiro atoms. The van der Waals surface area contributed by atoms with Crippen LogP contribution in [0, 0.1) is 34.5 Å². The molecule has 0 heterocycles. The molecule has 5 nitrogen and oxygen atoms in total. The van der Waals surface area contributed by atoms with Gasteiger partial charge in [-0.25, -0.2) is 4.79 Å². The molecule has 0 amide bonds. The molecule has 5 rings (SSSR count). The average molecular weight is 463 g/mol. The van der Waals surface area contributed by atoms with Gasteiger partial charge in [0.25, 0.3) is 0 Å². The lowest BCUT2D eigenvalue weighted by atomic mass is 9.46. The maximum Gasteiger partial charge on any atom is 0.365 e. The molecular weight excluding hydrogens is 424 g/mol. The van der Waals surface area contributed by atoms with Crippen molar-refractivity contribution in [3.05, 3.63) is 47.0 Å². The fourth-order valence-corrected chi connectivity index (χ4v) is 8.25. The van der Waals surface area contributed by atoms with Crippen molar-refractivity contribution in [3.8, 4) is 0 Å². The Morgan fingerprint density at radius 1 is 1.06 bits per heavy atom. The van der Waals surface area contributed by atoms with Crippen LogP contribution in [-0.2, 0) is 16.2 Å². The van der Waals surface area contributed by atoms with Crippen LogP contribution in [0.4, 0.5) is 0 Å². The Morgan fingerprint density at radius 3 is 2.56 bits per heavy atom. The molecule has 0 unspecified atom stereocenters. The van der Waals surface area contributed by atoms with Crippen LogP contribution in [0.1, 0.15) is 88.1 Å². The number of hydrogen-bond donors (Lipinski definition) is 1. The molecule has 1 aromatic rings. The van der Waals surface area contributed by atoms with Gasteiger partial charge in [0.05, 0.1) is 11.3 Å². The molecule has 6 atom stereocenters. The number of fused-ring (bicyclic) bond motifs is 5. The SMILES string of the molecule is C/C(=N\OC(=O)c1ccc(CN)cc1)[C@H]1CC[C@H]2[C@@H]3CCC4=CC(=O)CC[C@]4(C)[C@H]3CC[C@]12C. The van der Waals surface area contributed by atoms with E-state index >= 15 is 0 Å². The molecule has 0 saturated heterocycles. The summed E-state index contributed by atoms with van der Waals surface area (Å²) in [7, 11) is 0. The number of rotatable bonds is 4. The fourth-order valence-electron chi connectivity index (χ4n) is 8.25. The van der Waals surface area contributed by atoms with Crippen LogP contribution in [0.3, 0.4) is 0 Å². The third kappa shape index (κ3) is 3.77. The van der Waals surface area contributed by atoms with Crippen LogP contribution in [0.15, 0.2) is 41.1 Å². The van der Waals surface area contributed by atoms with Crippen molar-refractivity contribution in [2.75, 3.05) is 0 Å². The van der Waals surface area contributed by atoms with E-state index < -0.39 is 5.97 Å². The molecule has 4 aliphatic carbocycles. The van der Waals surface area contributed by atoms with E-state index in [-0.39, 0.29) is 10.8 Å². The van der Waals surface area contributed by atoms with E-state index in [0.717, 1.165) is 36.5 Å². The van der Waals surface area contributed by atoms with E-state index in [1.165, 1.54) is 31.3 Å². The number of oxime groups is 1. The second-order valence-electron chi connectivity index (χ2n) is 11.7. The summed E-state index contributed by atoms with van der Waals surface area (Å²) < 4.78 is 0. The highest BCUT2D eigenvalue weighted by atomic mass is 16.7. The van der Waals surface area contributed by atoms with Crippen LogP contribution >= 0.6 is 0 Å². The summed E-state index contributed by atoms with van der Waals surface area (Å²) >= 11 is 0. The Bertz CT molecular complexity index is 1040. The van der Waals surface area contributed by atoms with Gasteiger partial charge in [-0.1, -0.05) is 36.7 Å². The van der Waals surface area contributed by atoms with E-state index in [0.29, 0.717) is 42.1 Å². The number of benzene rings is 1. The van der Waals surface area contributed by atoms with Gasteiger partial charge < -0.3 is 10.6 Å². The predicted molar refractivity (Wildman–Crippen MR) is 133 cm³/mol. The highest BCUT2D eigenvalue weighted by Crippen LogP contribution is 2.66. The average Bonchev–Trinajstić information content (AvgIpc) is 3.20. The number of nitrogens with zero attached hydrogens (tertiary/aromatic N) is 1. The summed E-state index contributed by atoms with van der Waals surface area (Å²) in [6.07, 6.45) is 10.7. The monoisotopic (exact) mass is 462 g/mol. The lowest BCUT2D eigenvalue weighted by Gasteiger charge is -2.58. The quantitative estimate of drug-likeness (QED) is 0.347. The van der Waals surface area contributed by atoms with Crippen LogP contribution in [-0.4, -0.2) is 17.5 Å². The summed E-state index contributed by atoms with van der Waals surface area (Å²) in [5.74, 6) is 2.34. The highest BCUT2D eigenvalue weighted by molar-refractivity contribution is 5.92. The number of ketones is 1. The molecule has 1 aromatic carbocycles. The third-order valence-electron chi connectivity index (χ3n) is 10.2. The maximum atomic E-state index is 12.5. The lowest BCUT2D eigenvalue weighted by Crippen LogP contribution is -2.51. The molecule has 34 heavy (non-hydrogen) atoms. The Morgan fingerprint density at radius 2 is 1.82 bits per heavy atom. The van der Waals surface area contributed by atoms with Gasteiger partial charge in [-0.3, -0.25) is 4.79 Å². The summed E-state index contributed by atoms with van der Waals surface area (Å²) in [4.78, 5) is 30.0. The summed E-state index contributed by atoms with van der Waals surface area (Å²) in [6, 6.07) is 7.19. The second-order valence-corrected chi connectivity index (χ2v) is 11.7. The van der Waals surface area contributed by atoms with E-state index in [2.05, 4.69) is 19.0 Å². The van der Waals surface area contributed by atoms with Crippen molar-refractivity contribution < 1.29 is 14.4 Å². The van der Waals surface area contributed by atoms with Crippen LogP contribution in [0.25, 0.3) is 0 Å². The normalized spacial score (nSPS) is 37.4. The molecule has 3 fully saturated rings. The zero-order valence-electron chi connectivity index (χ0n) is 20.8. The Balaban J connectivity index is 1.30. The van der Waals surface area contributed by atoms with Gasteiger partial charge >= 0.3 is 5.97 Å². The number of allylic oxidation sites excluding steroid dienone is 1. The molecule has 3 saturated carbocycles. The van der Waals surface area contributed by atoms with Crippen LogP contribution in [0.2, 0.25) is 0 Å². The molecule has 0 radical (unpaired) electrons. The zero-order chi connectivity index (χ0) is 24.1. The minimum atomic E-state index is -0.419. The largest absolute Gasteiger partial charge is 0.365 e. The Kier molecular flexibility index (Phi) is 6.04. The van der Waals surface area contributed by atoms with Gasteiger partial charge in [0.1, 0.15) is 0 Å². The van der Waals surface area contributed by atoms with Crippen molar-refractivity contribution in [1.29, 1.82) is 0 Å². The molecular formula is C29H38N2O3. The first-order valence-corrected chi connectivity index (χ1v) is 13.0. The summed E-state index contributed by atoms with van der Waals surface area (Å²) in [5, 5.41) is 4.35. The summed E-state index contributed by atoms with van der Waals surface area (Å²) in [6.45, 7) is 7.37. The van der Waals surface area contributed by atoms with Crippen molar-refractivity contribution >= 4 is 17.5 Å². The van der Waals surface area contributed by atoms with E-state index in [1.54, 1.807) is 12.1 Å². The molecule has 4 aliphatic rings. The zero-order valence-corrected chi connectivity index (χ0v) is 20.8. The first-order chi connectivity index (χ1) is 16.3. The summed E-state index contributed by atoms with van der Waals surface area (Å²) in [5.41, 5.74) is 9.89. The van der Waals surface area contributed by atoms with E-state index in [9.17, 15) is 9.59 Å². The number of hydrogen-bond acceptors (Lipinski definition) is 5. The third-order valence-corrected chi connectivity index (χ3v) is 10.2. The molecule has 0 aliphatic heterocycles. The molecule has 0 bridgehead atoms. The smallest absolute Gasteiger partial charge is 0.326 e. The lowest BCUT2D eigenvalue weighted by molar-refractivity contribution is -0.117. The predicted octanol–water partition coefficient (Wildman–Crippen LogP) is 5.83. The molecule has 5 heteroatoms. The number of nitrogens with two attached hydrogens (primary N) is 1. The molecule has 0 aromatic heterocycles. The van der Waals surface area contributed by atoms with Crippen LogP contribution < -0.4 is 5.73 Å². The van der Waals surface area contributed by atoms with Crippen molar-refractivity contribution in [3.63, 3.8) is 0 Å². The van der Waals surface area contributed by atoms with Gasteiger partial charge in [0.15, 0.2) is 5.78 Å². The molecule has 2 N–H and O–H groups in total. The van der Waals surface area contributed by atoms with Crippen molar-refractivity contribution in [2.24, 2.45) is 45.4 Å². The van der Waals surface area contributed by atoms with Gasteiger partial charge in [-0.05, 0) is 104 Å². The maximum absolute atomic E-state index is 12.5. The van der Waals surface area contributed by atoms with Gasteiger partial charge in [0, 0.05) is 18.9 Å². The minimum absolute atomic E-state index is 0.200. The molecule has 182 valence electrons. The first kappa shape index (κ1) is 23.5. The van der Waals surface area contributed by atoms with E-state index in [4.69, 9.17) is 10.6 Å². The Hall–Kier alpha value is -2.27. The van der Waals surface area contributed by atoms with Gasteiger partial charge in [-0.15, -0.1) is 0 Å².